The molecule has 1 aliphatic rings. The number of nitrogens with zero attached hydrogens (tertiary/aromatic N) is 2. The molecule has 1 atom stereocenters. The van der Waals surface area contributed by atoms with Gasteiger partial charge in [-0.1, -0.05) is 18.2 Å². The third-order valence-corrected chi connectivity index (χ3v) is 5.37. The maximum Gasteiger partial charge on any atom is 0.313 e. The highest BCUT2D eigenvalue weighted by atomic mass is 19.1. The van der Waals surface area contributed by atoms with Crippen molar-refractivity contribution in [2.45, 2.75) is 13.0 Å². The third kappa shape index (κ3) is 6.02. The van der Waals surface area contributed by atoms with Gasteiger partial charge in [0.15, 0.2) is 0 Å². The maximum atomic E-state index is 13.7. The first kappa shape index (κ1) is 22.7. The van der Waals surface area contributed by atoms with Crippen LogP contribution in [0, 0.1) is 12.7 Å². The second-order valence-electron chi connectivity index (χ2n) is 7.78. The molecule has 3 rings (SSSR count). The van der Waals surface area contributed by atoms with Crippen molar-refractivity contribution in [1.29, 1.82) is 0 Å². The number of aryl methyl sites for hydroxylation is 1. The van der Waals surface area contributed by atoms with Gasteiger partial charge in [0.25, 0.3) is 0 Å². The Kier molecular flexibility index (Phi) is 7.59. The number of carbonyl (C=O) groups is 2. The van der Waals surface area contributed by atoms with E-state index in [0.717, 1.165) is 24.3 Å². The molecule has 0 bridgehead atoms. The molecule has 0 radical (unpaired) electrons. The summed E-state index contributed by atoms with van der Waals surface area (Å²) < 4.78 is 19.1. The Morgan fingerprint density at radius 3 is 2.39 bits per heavy atom. The van der Waals surface area contributed by atoms with Gasteiger partial charge < -0.3 is 20.3 Å². The van der Waals surface area contributed by atoms with Crippen LogP contribution in [-0.4, -0.2) is 63.7 Å². The summed E-state index contributed by atoms with van der Waals surface area (Å²) in [6.07, 6.45) is 0. The van der Waals surface area contributed by atoms with Gasteiger partial charge in [-0.05, 0) is 42.3 Å². The molecule has 2 aromatic rings. The molecule has 2 amide bonds. The summed E-state index contributed by atoms with van der Waals surface area (Å²) in [5.41, 5.74) is 2.84. The van der Waals surface area contributed by atoms with Crippen LogP contribution < -0.4 is 15.5 Å². The predicted molar refractivity (Wildman–Crippen MR) is 119 cm³/mol. The van der Waals surface area contributed by atoms with E-state index in [0.29, 0.717) is 18.8 Å². The number of nitrogens with one attached hydrogen (secondary N) is 2. The lowest BCUT2D eigenvalue weighted by molar-refractivity contribution is -0.136. The SMILES string of the molecule is Cc1ccc(NC(=O)C(=O)NC[C@@H](c2ccc(N(C)C)cc2)N2CCOCC2)cc1F. The third-order valence-electron chi connectivity index (χ3n) is 5.37. The molecule has 0 unspecified atom stereocenters. The summed E-state index contributed by atoms with van der Waals surface area (Å²) >= 11 is 0. The Balaban J connectivity index is 1.66. The standard InChI is InChI=1S/C23H29FN4O3/c1-16-4-7-18(14-20(16)24)26-23(30)22(29)25-15-21(28-10-12-31-13-11-28)17-5-8-19(9-6-17)27(2)3/h4-9,14,21H,10-13,15H2,1-3H3,(H,25,29)(H,26,30)/t21-/m0/s1. The quantitative estimate of drug-likeness (QED) is 0.691. The number of amides is 2. The highest BCUT2D eigenvalue weighted by Gasteiger charge is 2.24. The number of morpholine rings is 1. The fraction of sp³-hybridized carbons (Fsp3) is 0.391. The van der Waals surface area contributed by atoms with E-state index in [2.05, 4.69) is 15.5 Å². The Morgan fingerprint density at radius 2 is 1.77 bits per heavy atom. The molecule has 0 saturated carbocycles. The van der Waals surface area contributed by atoms with Gasteiger partial charge in [0.05, 0.1) is 19.3 Å². The number of carbonyl (C=O) groups excluding carboxylic acids is 2. The molecule has 0 aromatic heterocycles. The molecule has 31 heavy (non-hydrogen) atoms. The molecule has 1 heterocycles. The minimum atomic E-state index is -0.827. The van der Waals surface area contributed by atoms with Gasteiger partial charge in [-0.25, -0.2) is 4.39 Å². The largest absolute Gasteiger partial charge is 0.379 e. The van der Waals surface area contributed by atoms with Crippen LogP contribution in [0.5, 0.6) is 0 Å². The van der Waals surface area contributed by atoms with Crippen LogP contribution in [0.25, 0.3) is 0 Å². The molecule has 8 heteroatoms. The van der Waals surface area contributed by atoms with Gasteiger partial charge in [0.1, 0.15) is 5.82 Å². The number of anilines is 2. The van der Waals surface area contributed by atoms with E-state index in [9.17, 15) is 14.0 Å². The summed E-state index contributed by atoms with van der Waals surface area (Å²) in [4.78, 5) is 28.9. The number of halogens is 1. The number of hydrogen-bond donors (Lipinski definition) is 2. The van der Waals surface area contributed by atoms with Gasteiger partial charge in [0, 0.05) is 45.1 Å². The molecule has 7 nitrogen and oxygen atoms in total. The van der Waals surface area contributed by atoms with Gasteiger partial charge in [-0.2, -0.15) is 0 Å². The van der Waals surface area contributed by atoms with Crippen molar-refractivity contribution in [3.8, 4) is 0 Å². The van der Waals surface area contributed by atoms with Crippen LogP contribution in [0.15, 0.2) is 42.5 Å². The fourth-order valence-electron chi connectivity index (χ4n) is 3.47. The molecular formula is C23H29FN4O3. The fourth-order valence-corrected chi connectivity index (χ4v) is 3.47. The van der Waals surface area contributed by atoms with Crippen LogP contribution >= 0.6 is 0 Å². The smallest absolute Gasteiger partial charge is 0.313 e. The van der Waals surface area contributed by atoms with E-state index in [1.807, 2.05) is 43.3 Å². The minimum absolute atomic E-state index is 0.0892. The van der Waals surface area contributed by atoms with Crippen molar-refractivity contribution < 1.29 is 18.7 Å². The minimum Gasteiger partial charge on any atom is -0.379 e. The van der Waals surface area contributed by atoms with Gasteiger partial charge >= 0.3 is 11.8 Å². The van der Waals surface area contributed by atoms with Crippen molar-refractivity contribution in [3.63, 3.8) is 0 Å². The average molecular weight is 429 g/mol. The van der Waals surface area contributed by atoms with Crippen LogP contribution in [0.4, 0.5) is 15.8 Å². The molecule has 0 spiro atoms. The maximum absolute atomic E-state index is 13.7. The second kappa shape index (κ2) is 10.4. The summed E-state index contributed by atoms with van der Waals surface area (Å²) in [5, 5.41) is 5.17. The number of rotatable bonds is 6. The highest BCUT2D eigenvalue weighted by Crippen LogP contribution is 2.24. The van der Waals surface area contributed by atoms with Gasteiger partial charge in [-0.3, -0.25) is 14.5 Å². The molecule has 1 fully saturated rings. The molecule has 1 saturated heterocycles. The molecule has 2 N–H and O–H groups in total. The summed E-state index contributed by atoms with van der Waals surface area (Å²) in [6.45, 7) is 4.63. The highest BCUT2D eigenvalue weighted by molar-refractivity contribution is 6.39. The average Bonchev–Trinajstić information content (AvgIpc) is 2.77. The van der Waals surface area contributed by atoms with Crippen LogP contribution in [0.1, 0.15) is 17.2 Å². The Bertz CT molecular complexity index is 912. The number of ether oxygens (including phenoxy) is 1. The van der Waals surface area contributed by atoms with E-state index >= 15 is 0 Å². The summed E-state index contributed by atoms with van der Waals surface area (Å²) in [7, 11) is 3.96. The number of hydrogen-bond acceptors (Lipinski definition) is 5. The lowest BCUT2D eigenvalue weighted by Gasteiger charge is -2.35. The summed E-state index contributed by atoms with van der Waals surface area (Å²) in [6, 6.07) is 12.4. The van der Waals surface area contributed by atoms with Crippen molar-refractivity contribution in [3.05, 3.63) is 59.4 Å². The van der Waals surface area contributed by atoms with E-state index in [4.69, 9.17) is 4.74 Å². The Labute approximate surface area is 182 Å². The molecule has 0 aliphatic carbocycles. The first-order valence-electron chi connectivity index (χ1n) is 10.3. The number of benzene rings is 2. The zero-order valence-electron chi connectivity index (χ0n) is 18.2. The predicted octanol–water partition coefficient (Wildman–Crippen LogP) is 2.33. The van der Waals surface area contributed by atoms with Crippen LogP contribution in [0.3, 0.4) is 0 Å². The zero-order chi connectivity index (χ0) is 22.4. The molecular weight excluding hydrogens is 399 g/mol. The first-order chi connectivity index (χ1) is 14.8. The van der Waals surface area contributed by atoms with Crippen molar-refractivity contribution >= 4 is 23.2 Å². The van der Waals surface area contributed by atoms with E-state index in [-0.39, 0.29) is 18.3 Å². The molecule has 166 valence electrons. The van der Waals surface area contributed by atoms with E-state index in [1.54, 1.807) is 19.1 Å². The van der Waals surface area contributed by atoms with Gasteiger partial charge in [0.2, 0.25) is 0 Å². The van der Waals surface area contributed by atoms with Crippen LogP contribution in [0.2, 0.25) is 0 Å². The van der Waals surface area contributed by atoms with Gasteiger partial charge in [-0.15, -0.1) is 0 Å². The topological polar surface area (TPSA) is 73.9 Å². The van der Waals surface area contributed by atoms with Crippen molar-refractivity contribution in [1.82, 2.24) is 10.2 Å². The van der Waals surface area contributed by atoms with Crippen molar-refractivity contribution in [2.24, 2.45) is 0 Å². The summed E-state index contributed by atoms with van der Waals surface area (Å²) in [5.74, 6) is -2.03. The second-order valence-corrected chi connectivity index (χ2v) is 7.78. The first-order valence-corrected chi connectivity index (χ1v) is 10.3. The lowest BCUT2D eigenvalue weighted by atomic mass is 10.0. The van der Waals surface area contributed by atoms with E-state index in [1.165, 1.54) is 6.07 Å². The van der Waals surface area contributed by atoms with E-state index < -0.39 is 17.6 Å². The monoisotopic (exact) mass is 428 g/mol. The Morgan fingerprint density at radius 1 is 1.10 bits per heavy atom. The molecule has 2 aromatic carbocycles. The van der Waals surface area contributed by atoms with Crippen LogP contribution in [-0.2, 0) is 14.3 Å². The lowest BCUT2D eigenvalue weighted by Crippen LogP contribution is -2.45. The normalized spacial score (nSPS) is 15.2. The zero-order valence-corrected chi connectivity index (χ0v) is 18.2. The van der Waals surface area contributed by atoms with Crippen molar-refractivity contribution in [2.75, 3.05) is 57.2 Å². The Hall–Kier alpha value is -2.97. The molecule has 1 aliphatic heterocycles.